The molecule has 0 spiro atoms. The Hall–Kier alpha value is -1.72. The second-order valence-electron chi connectivity index (χ2n) is 5.20. The second kappa shape index (κ2) is 4.93. The lowest BCUT2D eigenvalue weighted by Gasteiger charge is -2.24. The molecule has 0 aliphatic carbocycles. The summed E-state index contributed by atoms with van der Waals surface area (Å²) in [5, 5.41) is 0.507. The number of sulfonamides is 1. The van der Waals surface area contributed by atoms with E-state index in [1.165, 1.54) is 16.4 Å². The summed E-state index contributed by atoms with van der Waals surface area (Å²) in [7, 11) is -3.62. The van der Waals surface area contributed by atoms with Crippen molar-refractivity contribution in [2.45, 2.75) is 24.3 Å². The Labute approximate surface area is 129 Å². The number of nitrogens with zero attached hydrogens (tertiary/aromatic N) is 1. The smallest absolute Gasteiger partial charge is 0.264 e. The molecule has 0 saturated carbocycles. The molecule has 0 amide bonds. The van der Waals surface area contributed by atoms with E-state index in [0.29, 0.717) is 22.8 Å². The first-order valence-electron chi connectivity index (χ1n) is 6.58. The highest BCUT2D eigenvalue weighted by Crippen LogP contribution is 2.37. The van der Waals surface area contributed by atoms with Crippen LogP contribution in [0, 0.1) is 0 Å². The minimum absolute atomic E-state index is 0.137. The first-order valence-corrected chi connectivity index (χ1v) is 8.40. The molecule has 1 aliphatic heterocycles. The summed E-state index contributed by atoms with van der Waals surface area (Å²) in [6.07, 6.45) is 0.683. The molecule has 2 aromatic carbocycles. The van der Waals surface area contributed by atoms with E-state index < -0.39 is 10.0 Å². The summed E-state index contributed by atoms with van der Waals surface area (Å²) in [5.41, 5.74) is 8.02. The standard InChI is InChI=1S/C15H15ClN2O2S/c1-10-8-11-2-5-13(17)9-15(11)18(10)21(19,20)14-6-3-12(16)4-7-14/h2-7,9-10H,8,17H2,1H3. The van der Waals surface area contributed by atoms with Gasteiger partial charge in [-0.1, -0.05) is 17.7 Å². The molecule has 21 heavy (non-hydrogen) atoms. The maximum absolute atomic E-state index is 12.9. The van der Waals surface area contributed by atoms with Crippen LogP contribution in [0.2, 0.25) is 5.02 Å². The number of fused-ring (bicyclic) bond motifs is 1. The van der Waals surface area contributed by atoms with Gasteiger partial charge in [0.05, 0.1) is 10.6 Å². The number of nitrogens with two attached hydrogens (primary N) is 1. The van der Waals surface area contributed by atoms with Gasteiger partial charge in [-0.05, 0) is 55.3 Å². The van der Waals surface area contributed by atoms with Crippen LogP contribution in [0.15, 0.2) is 47.4 Å². The summed E-state index contributed by atoms with van der Waals surface area (Å²) in [6.45, 7) is 1.89. The molecular weight excluding hydrogens is 308 g/mol. The molecule has 1 unspecified atom stereocenters. The Kier molecular flexibility index (Phi) is 3.34. The van der Waals surface area contributed by atoms with Gasteiger partial charge in [0.2, 0.25) is 0 Å². The van der Waals surface area contributed by atoms with Crippen molar-refractivity contribution in [3.8, 4) is 0 Å². The van der Waals surface area contributed by atoms with Crippen LogP contribution in [0.25, 0.3) is 0 Å². The van der Waals surface area contributed by atoms with Crippen molar-refractivity contribution >= 4 is 33.0 Å². The molecule has 3 rings (SSSR count). The van der Waals surface area contributed by atoms with Crippen molar-refractivity contribution in [3.05, 3.63) is 53.1 Å². The lowest BCUT2D eigenvalue weighted by atomic mass is 10.1. The third-order valence-corrected chi connectivity index (χ3v) is 5.83. The average Bonchev–Trinajstić information content (AvgIpc) is 2.75. The highest BCUT2D eigenvalue weighted by molar-refractivity contribution is 7.92. The molecule has 2 N–H and O–H groups in total. The minimum atomic E-state index is -3.62. The van der Waals surface area contributed by atoms with Crippen LogP contribution in [0.3, 0.4) is 0 Å². The summed E-state index contributed by atoms with van der Waals surface area (Å²) >= 11 is 5.83. The van der Waals surface area contributed by atoms with Gasteiger partial charge in [-0.15, -0.1) is 0 Å². The fourth-order valence-electron chi connectivity index (χ4n) is 2.68. The fourth-order valence-corrected chi connectivity index (χ4v) is 4.49. The molecule has 4 nitrogen and oxygen atoms in total. The maximum atomic E-state index is 12.9. The number of halogens is 1. The first kappa shape index (κ1) is 14.2. The molecule has 6 heteroatoms. The van der Waals surface area contributed by atoms with Gasteiger partial charge >= 0.3 is 0 Å². The fraction of sp³-hybridized carbons (Fsp3) is 0.200. The Morgan fingerprint density at radius 3 is 2.52 bits per heavy atom. The molecule has 0 fully saturated rings. The molecule has 1 aliphatic rings. The molecule has 0 bridgehead atoms. The number of hydrogen-bond donors (Lipinski definition) is 1. The average molecular weight is 323 g/mol. The second-order valence-corrected chi connectivity index (χ2v) is 7.45. The molecule has 0 saturated heterocycles. The van der Waals surface area contributed by atoms with Crippen molar-refractivity contribution in [3.63, 3.8) is 0 Å². The van der Waals surface area contributed by atoms with Gasteiger partial charge < -0.3 is 5.73 Å². The van der Waals surface area contributed by atoms with Crippen LogP contribution in [-0.2, 0) is 16.4 Å². The summed E-state index contributed by atoms with van der Waals surface area (Å²) < 4.78 is 27.2. The van der Waals surface area contributed by atoms with E-state index in [-0.39, 0.29) is 10.9 Å². The summed E-state index contributed by atoms with van der Waals surface area (Å²) in [5.74, 6) is 0. The zero-order chi connectivity index (χ0) is 15.2. The SMILES string of the molecule is CC1Cc2ccc(N)cc2N1S(=O)(=O)c1ccc(Cl)cc1. The molecule has 1 atom stereocenters. The number of benzene rings is 2. The molecule has 0 radical (unpaired) electrons. The molecule has 110 valence electrons. The normalized spacial score (nSPS) is 17.8. The van der Waals surface area contributed by atoms with E-state index in [1.54, 1.807) is 24.3 Å². The van der Waals surface area contributed by atoms with Crippen LogP contribution in [-0.4, -0.2) is 14.5 Å². The van der Waals surface area contributed by atoms with E-state index in [2.05, 4.69) is 0 Å². The summed E-state index contributed by atoms with van der Waals surface area (Å²) in [6, 6.07) is 11.5. The van der Waals surface area contributed by atoms with E-state index >= 15 is 0 Å². The maximum Gasteiger partial charge on any atom is 0.264 e. The Morgan fingerprint density at radius 2 is 1.86 bits per heavy atom. The number of rotatable bonds is 2. The van der Waals surface area contributed by atoms with Crippen LogP contribution >= 0.6 is 11.6 Å². The van der Waals surface area contributed by atoms with Gasteiger partial charge in [-0.3, -0.25) is 4.31 Å². The van der Waals surface area contributed by atoms with Crippen molar-refractivity contribution in [2.75, 3.05) is 10.0 Å². The molecular formula is C15H15ClN2O2S. The predicted octanol–water partition coefficient (Wildman–Crippen LogP) is 3.06. The number of hydrogen-bond acceptors (Lipinski definition) is 3. The monoisotopic (exact) mass is 322 g/mol. The lowest BCUT2D eigenvalue weighted by Crippen LogP contribution is -2.35. The zero-order valence-electron chi connectivity index (χ0n) is 11.5. The predicted molar refractivity (Wildman–Crippen MR) is 85.1 cm³/mol. The molecule has 2 aromatic rings. The van der Waals surface area contributed by atoms with Crippen molar-refractivity contribution in [1.82, 2.24) is 0 Å². The summed E-state index contributed by atoms with van der Waals surface area (Å²) in [4.78, 5) is 0.231. The van der Waals surface area contributed by atoms with Crippen molar-refractivity contribution in [1.29, 1.82) is 0 Å². The van der Waals surface area contributed by atoms with Crippen molar-refractivity contribution < 1.29 is 8.42 Å². The van der Waals surface area contributed by atoms with E-state index in [0.717, 1.165) is 5.56 Å². The zero-order valence-corrected chi connectivity index (χ0v) is 13.0. The van der Waals surface area contributed by atoms with Gasteiger partial charge in [0, 0.05) is 16.8 Å². The lowest BCUT2D eigenvalue weighted by molar-refractivity contribution is 0.584. The number of anilines is 2. The van der Waals surface area contributed by atoms with E-state index in [4.69, 9.17) is 17.3 Å². The van der Waals surface area contributed by atoms with Crippen molar-refractivity contribution in [2.24, 2.45) is 0 Å². The quantitative estimate of drug-likeness (QED) is 0.864. The largest absolute Gasteiger partial charge is 0.399 e. The minimum Gasteiger partial charge on any atom is -0.399 e. The van der Waals surface area contributed by atoms with Gasteiger partial charge in [-0.2, -0.15) is 0 Å². The third-order valence-electron chi connectivity index (χ3n) is 3.63. The Bertz CT molecular complexity index is 788. The highest BCUT2D eigenvalue weighted by Gasteiger charge is 2.36. The van der Waals surface area contributed by atoms with Gasteiger partial charge in [0.25, 0.3) is 10.0 Å². The van der Waals surface area contributed by atoms with Crippen LogP contribution in [0.5, 0.6) is 0 Å². The molecule has 1 heterocycles. The van der Waals surface area contributed by atoms with Crippen LogP contribution in [0.1, 0.15) is 12.5 Å². The van der Waals surface area contributed by atoms with Gasteiger partial charge in [0.1, 0.15) is 0 Å². The third kappa shape index (κ3) is 2.36. The van der Waals surface area contributed by atoms with Gasteiger partial charge in [-0.25, -0.2) is 8.42 Å². The van der Waals surface area contributed by atoms with Gasteiger partial charge in [0.15, 0.2) is 0 Å². The highest BCUT2D eigenvalue weighted by atomic mass is 35.5. The Balaban J connectivity index is 2.12. The van der Waals surface area contributed by atoms with Crippen LogP contribution in [0.4, 0.5) is 11.4 Å². The number of nitrogen functional groups attached to an aromatic ring is 1. The Morgan fingerprint density at radius 1 is 1.19 bits per heavy atom. The van der Waals surface area contributed by atoms with Crippen LogP contribution < -0.4 is 10.0 Å². The van der Waals surface area contributed by atoms with E-state index in [9.17, 15) is 8.42 Å². The first-order chi connectivity index (χ1) is 9.89. The molecule has 0 aromatic heterocycles. The topological polar surface area (TPSA) is 63.4 Å². The van der Waals surface area contributed by atoms with E-state index in [1.807, 2.05) is 13.0 Å².